The van der Waals surface area contributed by atoms with E-state index in [9.17, 15) is 22.7 Å². The first-order valence-corrected chi connectivity index (χ1v) is 9.29. The van der Waals surface area contributed by atoms with Gasteiger partial charge in [0.15, 0.2) is 9.84 Å². The predicted octanol–water partition coefficient (Wildman–Crippen LogP) is 2.10. The molecule has 0 amide bonds. The maximum atomic E-state index is 13.2. The summed E-state index contributed by atoms with van der Waals surface area (Å²) in [6, 6.07) is 11.5. The molecule has 132 valence electrons. The molecule has 2 aromatic rings. The van der Waals surface area contributed by atoms with Gasteiger partial charge in [0.25, 0.3) is 0 Å². The molecule has 7 heteroatoms. The summed E-state index contributed by atoms with van der Waals surface area (Å²) in [5.74, 6) is -2.55. The molecule has 5 nitrogen and oxygen atoms in total. The molecule has 3 unspecified atom stereocenters. The monoisotopic (exact) mass is 363 g/mol. The van der Waals surface area contributed by atoms with Crippen LogP contribution >= 0.6 is 0 Å². The minimum Gasteiger partial charge on any atom is -0.481 e. The fraction of sp³-hybridized carbons (Fsp3) is 0.278. The van der Waals surface area contributed by atoms with Crippen LogP contribution in [0.5, 0.6) is 0 Å². The van der Waals surface area contributed by atoms with Crippen LogP contribution in [0.25, 0.3) is 0 Å². The minimum absolute atomic E-state index is 0.0618. The second kappa shape index (κ2) is 5.93. The number of carbonyl (C=O) groups is 1. The third kappa shape index (κ3) is 2.63. The van der Waals surface area contributed by atoms with Crippen molar-refractivity contribution < 1.29 is 22.7 Å². The van der Waals surface area contributed by atoms with Crippen molar-refractivity contribution in [2.75, 3.05) is 6.54 Å². The Morgan fingerprint density at radius 2 is 1.72 bits per heavy atom. The van der Waals surface area contributed by atoms with Gasteiger partial charge in [0.2, 0.25) is 0 Å². The lowest BCUT2D eigenvalue weighted by molar-refractivity contribution is -0.143. The van der Waals surface area contributed by atoms with Gasteiger partial charge in [-0.2, -0.15) is 0 Å². The predicted molar refractivity (Wildman–Crippen MR) is 90.4 cm³/mol. The number of aryl methyl sites for hydroxylation is 1. The van der Waals surface area contributed by atoms with E-state index in [0.717, 1.165) is 5.56 Å². The summed E-state index contributed by atoms with van der Waals surface area (Å²) in [6.07, 6.45) is 0. The number of nitrogens with two attached hydrogens (primary N) is 1. The van der Waals surface area contributed by atoms with Gasteiger partial charge in [0, 0.05) is 12.5 Å². The summed E-state index contributed by atoms with van der Waals surface area (Å²) in [5, 5.41) is 8.51. The molecule has 0 heterocycles. The highest BCUT2D eigenvalue weighted by Gasteiger charge is 2.75. The second-order valence-electron chi connectivity index (χ2n) is 6.36. The number of benzene rings is 2. The van der Waals surface area contributed by atoms with Gasteiger partial charge < -0.3 is 10.8 Å². The van der Waals surface area contributed by atoms with Crippen molar-refractivity contribution in [3.05, 3.63) is 65.5 Å². The number of carboxylic acid groups (broad SMARTS) is 1. The van der Waals surface area contributed by atoms with Crippen LogP contribution in [-0.2, 0) is 14.6 Å². The molecule has 1 aliphatic rings. The zero-order chi connectivity index (χ0) is 18.4. The van der Waals surface area contributed by atoms with E-state index in [2.05, 4.69) is 0 Å². The summed E-state index contributed by atoms with van der Waals surface area (Å²) < 4.78 is 39.3. The van der Waals surface area contributed by atoms with Crippen LogP contribution < -0.4 is 5.73 Å². The number of hydrogen-bond acceptors (Lipinski definition) is 4. The Bertz CT molecular complexity index is 909. The molecule has 2 aromatic carbocycles. The normalized spacial score (nSPS) is 25.6. The van der Waals surface area contributed by atoms with Gasteiger partial charge >= 0.3 is 5.97 Å². The largest absolute Gasteiger partial charge is 0.481 e. The topological polar surface area (TPSA) is 97.5 Å². The van der Waals surface area contributed by atoms with Crippen LogP contribution in [0.15, 0.2) is 53.4 Å². The summed E-state index contributed by atoms with van der Waals surface area (Å²) >= 11 is 0. The van der Waals surface area contributed by atoms with E-state index < -0.39 is 38.2 Å². The van der Waals surface area contributed by atoms with Crippen LogP contribution in [0.3, 0.4) is 0 Å². The molecule has 0 bridgehead atoms. The summed E-state index contributed by atoms with van der Waals surface area (Å²) in [5.41, 5.74) is 5.44. The Balaban J connectivity index is 2.10. The Labute approximate surface area is 145 Å². The lowest BCUT2D eigenvalue weighted by Gasteiger charge is -2.10. The van der Waals surface area contributed by atoms with E-state index in [0.29, 0.717) is 5.56 Å². The van der Waals surface area contributed by atoms with E-state index in [1.54, 1.807) is 12.1 Å². The lowest BCUT2D eigenvalue weighted by Crippen LogP contribution is -2.31. The Hall–Kier alpha value is -2.25. The van der Waals surface area contributed by atoms with Crippen LogP contribution in [0.1, 0.15) is 17.0 Å². The second-order valence-corrected chi connectivity index (χ2v) is 8.43. The molecule has 0 saturated heterocycles. The zero-order valence-corrected chi connectivity index (χ0v) is 14.3. The Morgan fingerprint density at radius 1 is 1.16 bits per heavy atom. The summed E-state index contributed by atoms with van der Waals surface area (Å²) in [4.78, 5) is 12.0. The first kappa shape index (κ1) is 17.6. The van der Waals surface area contributed by atoms with Gasteiger partial charge in [-0.1, -0.05) is 29.8 Å². The van der Waals surface area contributed by atoms with E-state index in [-0.39, 0.29) is 11.4 Å². The first-order chi connectivity index (χ1) is 11.7. The smallest absolute Gasteiger partial charge is 0.312 e. The van der Waals surface area contributed by atoms with E-state index in [4.69, 9.17) is 5.73 Å². The Kier molecular flexibility index (Phi) is 4.17. The van der Waals surface area contributed by atoms with Crippen LogP contribution in [-0.4, -0.2) is 31.3 Å². The lowest BCUT2D eigenvalue weighted by atomic mass is 9.99. The van der Waals surface area contributed by atoms with Gasteiger partial charge in [0.05, 0.1) is 10.1 Å². The number of carboxylic acids is 1. The van der Waals surface area contributed by atoms with E-state index in [1.165, 1.54) is 36.4 Å². The third-order valence-corrected chi connectivity index (χ3v) is 7.20. The zero-order valence-electron chi connectivity index (χ0n) is 13.5. The van der Waals surface area contributed by atoms with Crippen LogP contribution in [0, 0.1) is 18.2 Å². The van der Waals surface area contributed by atoms with Gasteiger partial charge in [-0.25, -0.2) is 12.8 Å². The SMILES string of the molecule is Cc1ccc(S(=O)(=O)C2C(c3ccc(F)cc3)C2(CN)C(=O)O)cc1. The molecule has 3 N–H and O–H groups in total. The number of rotatable bonds is 5. The first-order valence-electron chi connectivity index (χ1n) is 7.74. The van der Waals surface area contributed by atoms with E-state index in [1.807, 2.05) is 6.92 Å². The average Bonchev–Trinajstić information content (AvgIpc) is 3.27. The molecule has 3 atom stereocenters. The van der Waals surface area contributed by atoms with Gasteiger partial charge in [-0.3, -0.25) is 4.79 Å². The number of aliphatic carboxylic acids is 1. The van der Waals surface area contributed by atoms with Gasteiger partial charge in [0.1, 0.15) is 11.2 Å². The van der Waals surface area contributed by atoms with Crippen LogP contribution in [0.4, 0.5) is 4.39 Å². The molecule has 1 aliphatic carbocycles. The maximum absolute atomic E-state index is 13.2. The van der Waals surface area contributed by atoms with Crippen molar-refractivity contribution in [3.8, 4) is 0 Å². The molecular formula is C18H18FNO4S. The highest BCUT2D eigenvalue weighted by atomic mass is 32.2. The fourth-order valence-electron chi connectivity index (χ4n) is 3.46. The van der Waals surface area contributed by atoms with Crippen LogP contribution in [0.2, 0.25) is 0 Å². The fourth-order valence-corrected chi connectivity index (χ4v) is 5.85. The standard InChI is InChI=1S/C18H18FNO4S/c1-11-2-8-14(9-3-11)25(23,24)16-15(18(16,10-20)17(21)22)12-4-6-13(19)7-5-12/h2-9,15-16H,10,20H2,1H3,(H,21,22). The molecule has 25 heavy (non-hydrogen) atoms. The highest BCUT2D eigenvalue weighted by molar-refractivity contribution is 7.92. The Morgan fingerprint density at radius 3 is 2.20 bits per heavy atom. The molecule has 0 aliphatic heterocycles. The maximum Gasteiger partial charge on any atom is 0.312 e. The van der Waals surface area contributed by atoms with Crippen molar-refractivity contribution in [1.29, 1.82) is 0 Å². The van der Waals surface area contributed by atoms with Crippen molar-refractivity contribution in [2.24, 2.45) is 11.1 Å². The van der Waals surface area contributed by atoms with Gasteiger partial charge in [-0.15, -0.1) is 0 Å². The number of sulfone groups is 1. The minimum atomic E-state index is -3.91. The van der Waals surface area contributed by atoms with Crippen molar-refractivity contribution in [3.63, 3.8) is 0 Å². The van der Waals surface area contributed by atoms with Gasteiger partial charge in [-0.05, 0) is 36.8 Å². The molecule has 0 aromatic heterocycles. The third-order valence-electron chi connectivity index (χ3n) is 4.91. The quantitative estimate of drug-likeness (QED) is 0.848. The van der Waals surface area contributed by atoms with Crippen molar-refractivity contribution in [1.82, 2.24) is 0 Å². The molecule has 1 fully saturated rings. The van der Waals surface area contributed by atoms with Crippen molar-refractivity contribution >= 4 is 15.8 Å². The average molecular weight is 363 g/mol. The molecule has 0 radical (unpaired) electrons. The summed E-state index contributed by atoms with van der Waals surface area (Å²) in [7, 11) is -3.91. The van der Waals surface area contributed by atoms with E-state index >= 15 is 0 Å². The molecule has 0 spiro atoms. The molecule has 1 saturated carbocycles. The van der Waals surface area contributed by atoms with Crippen molar-refractivity contribution in [2.45, 2.75) is 23.0 Å². The molecular weight excluding hydrogens is 345 g/mol. The highest BCUT2D eigenvalue weighted by Crippen LogP contribution is 2.63. The number of halogens is 1. The molecule has 3 rings (SSSR count). The number of hydrogen-bond donors (Lipinski definition) is 2. The summed E-state index contributed by atoms with van der Waals surface area (Å²) in [6.45, 7) is 1.51.